The predicted molar refractivity (Wildman–Crippen MR) is 111 cm³/mol. The highest BCUT2D eigenvalue weighted by atomic mass is 16.6. The number of para-hydroxylation sites is 1. The van der Waals surface area contributed by atoms with Crippen molar-refractivity contribution in [3.8, 4) is 11.4 Å². The third kappa shape index (κ3) is 3.61. The summed E-state index contributed by atoms with van der Waals surface area (Å²) < 4.78 is 1.35. The van der Waals surface area contributed by atoms with Gasteiger partial charge in [-0.2, -0.15) is 0 Å². The van der Waals surface area contributed by atoms with Crippen LogP contribution in [0, 0.1) is 10.1 Å². The van der Waals surface area contributed by atoms with Crippen molar-refractivity contribution in [2.75, 3.05) is 0 Å². The van der Waals surface area contributed by atoms with E-state index in [4.69, 9.17) is 0 Å². The molecule has 0 radical (unpaired) electrons. The lowest BCUT2D eigenvalue weighted by Gasteiger charge is -2.11. The van der Waals surface area contributed by atoms with Crippen LogP contribution in [0.25, 0.3) is 28.7 Å². The van der Waals surface area contributed by atoms with Crippen molar-refractivity contribution in [3.63, 3.8) is 0 Å². The average molecular weight is 385 g/mol. The van der Waals surface area contributed by atoms with Crippen LogP contribution in [0.5, 0.6) is 5.75 Å². The summed E-state index contributed by atoms with van der Waals surface area (Å²) in [6, 6.07) is 19.4. The van der Waals surface area contributed by atoms with E-state index in [0.29, 0.717) is 22.4 Å². The first-order valence-electron chi connectivity index (χ1n) is 8.77. The zero-order valence-corrected chi connectivity index (χ0v) is 15.1. The summed E-state index contributed by atoms with van der Waals surface area (Å²) in [4.78, 5) is 28.4. The number of hydrogen-bond acceptors (Lipinski definition) is 5. The van der Waals surface area contributed by atoms with Crippen molar-refractivity contribution in [1.82, 2.24) is 9.55 Å². The Kier molecular flexibility index (Phi) is 4.62. The number of rotatable bonds is 4. The molecule has 0 saturated carbocycles. The number of aromatic nitrogens is 2. The molecule has 0 bridgehead atoms. The van der Waals surface area contributed by atoms with Crippen molar-refractivity contribution >= 4 is 28.7 Å². The van der Waals surface area contributed by atoms with Crippen LogP contribution in [-0.4, -0.2) is 19.6 Å². The van der Waals surface area contributed by atoms with Crippen LogP contribution < -0.4 is 5.56 Å². The Morgan fingerprint density at radius 3 is 2.48 bits per heavy atom. The summed E-state index contributed by atoms with van der Waals surface area (Å²) in [5.74, 6) is 0.488. The number of fused-ring (bicyclic) bond motifs is 1. The molecule has 0 fully saturated rings. The lowest BCUT2D eigenvalue weighted by atomic mass is 10.2. The fraction of sp³-hybridized carbons (Fsp3) is 0. The first-order chi connectivity index (χ1) is 14.0. The van der Waals surface area contributed by atoms with E-state index in [-0.39, 0.29) is 17.0 Å². The maximum absolute atomic E-state index is 13.2. The summed E-state index contributed by atoms with van der Waals surface area (Å²) in [5, 5.41) is 21.0. The van der Waals surface area contributed by atoms with Gasteiger partial charge in [-0.05, 0) is 42.0 Å². The molecule has 0 saturated heterocycles. The van der Waals surface area contributed by atoms with Crippen LogP contribution in [0.15, 0.2) is 77.6 Å². The smallest absolute Gasteiger partial charge is 0.271 e. The van der Waals surface area contributed by atoms with E-state index in [2.05, 4.69) is 4.98 Å². The highest BCUT2D eigenvalue weighted by Gasteiger charge is 2.14. The van der Waals surface area contributed by atoms with Gasteiger partial charge in [0.1, 0.15) is 11.6 Å². The van der Waals surface area contributed by atoms with Crippen LogP contribution in [0.1, 0.15) is 11.4 Å². The van der Waals surface area contributed by atoms with Gasteiger partial charge in [0.05, 0.1) is 21.5 Å². The third-order valence-corrected chi connectivity index (χ3v) is 4.42. The molecule has 1 heterocycles. The molecule has 3 aromatic carbocycles. The third-order valence-electron chi connectivity index (χ3n) is 4.42. The minimum Gasteiger partial charge on any atom is -0.508 e. The van der Waals surface area contributed by atoms with Crippen molar-refractivity contribution in [2.24, 2.45) is 0 Å². The molecule has 7 nitrogen and oxygen atoms in total. The molecule has 0 aliphatic carbocycles. The Hall–Kier alpha value is -4.26. The fourth-order valence-electron chi connectivity index (χ4n) is 3.01. The number of benzene rings is 3. The highest BCUT2D eigenvalue weighted by Crippen LogP contribution is 2.20. The second-order valence-corrected chi connectivity index (χ2v) is 6.33. The van der Waals surface area contributed by atoms with Crippen LogP contribution >= 0.6 is 0 Å². The van der Waals surface area contributed by atoms with Crippen molar-refractivity contribution in [3.05, 3.63) is 105 Å². The van der Waals surface area contributed by atoms with Crippen molar-refractivity contribution in [1.29, 1.82) is 0 Å². The maximum Gasteiger partial charge on any atom is 0.271 e. The van der Waals surface area contributed by atoms with Gasteiger partial charge < -0.3 is 5.11 Å². The molecule has 1 aromatic heterocycles. The van der Waals surface area contributed by atoms with E-state index in [1.165, 1.54) is 22.8 Å². The summed E-state index contributed by atoms with van der Waals surface area (Å²) >= 11 is 0. The summed E-state index contributed by atoms with van der Waals surface area (Å²) in [6.45, 7) is 0. The number of nitro groups is 1. The maximum atomic E-state index is 13.2. The summed E-state index contributed by atoms with van der Waals surface area (Å²) in [5.41, 5.74) is 1.26. The molecule has 142 valence electrons. The Morgan fingerprint density at radius 1 is 0.966 bits per heavy atom. The molecule has 0 aliphatic heterocycles. The number of hydrogen-bond donors (Lipinski definition) is 1. The minimum atomic E-state index is -0.505. The van der Waals surface area contributed by atoms with Gasteiger partial charge >= 0.3 is 0 Å². The first-order valence-corrected chi connectivity index (χ1v) is 8.77. The van der Waals surface area contributed by atoms with Gasteiger partial charge in [0, 0.05) is 12.1 Å². The van der Waals surface area contributed by atoms with Crippen LogP contribution in [0.4, 0.5) is 5.69 Å². The minimum absolute atomic E-state index is 0.115. The van der Waals surface area contributed by atoms with E-state index in [9.17, 15) is 20.0 Å². The number of non-ortho nitro benzene ring substituents is 1. The Morgan fingerprint density at radius 2 is 1.72 bits per heavy atom. The van der Waals surface area contributed by atoms with Gasteiger partial charge in [0.15, 0.2) is 0 Å². The molecule has 0 amide bonds. The van der Waals surface area contributed by atoms with Gasteiger partial charge in [-0.15, -0.1) is 0 Å². The lowest BCUT2D eigenvalue weighted by molar-refractivity contribution is -0.384. The second-order valence-electron chi connectivity index (χ2n) is 6.33. The molecule has 0 unspecified atom stereocenters. The van der Waals surface area contributed by atoms with Gasteiger partial charge in [-0.25, -0.2) is 4.98 Å². The number of phenolic OH excluding ortho intramolecular Hbond substituents is 1. The molecule has 7 heteroatoms. The van der Waals surface area contributed by atoms with E-state index in [1.807, 2.05) is 0 Å². The van der Waals surface area contributed by atoms with Gasteiger partial charge in [-0.1, -0.05) is 36.4 Å². The fourth-order valence-corrected chi connectivity index (χ4v) is 3.01. The Labute approximate surface area is 165 Å². The zero-order chi connectivity index (χ0) is 20.4. The molecule has 4 aromatic rings. The van der Waals surface area contributed by atoms with Gasteiger partial charge in [0.2, 0.25) is 0 Å². The molecule has 0 aliphatic rings. The Bertz CT molecular complexity index is 1310. The largest absolute Gasteiger partial charge is 0.508 e. The molecule has 0 spiro atoms. The average Bonchev–Trinajstić information content (AvgIpc) is 2.73. The SMILES string of the molecule is O=c1c2ccccc2nc(/C=C/c2ccc(O)cc2)n1-c1cccc([N+](=O)[O-])c1. The van der Waals surface area contributed by atoms with E-state index in [0.717, 1.165) is 5.56 Å². The Balaban J connectivity index is 1.94. The van der Waals surface area contributed by atoms with Gasteiger partial charge in [0.25, 0.3) is 11.2 Å². The molecular formula is C22H15N3O4. The molecule has 29 heavy (non-hydrogen) atoms. The monoisotopic (exact) mass is 385 g/mol. The molecular weight excluding hydrogens is 370 g/mol. The number of phenols is 1. The number of aromatic hydroxyl groups is 1. The molecule has 4 rings (SSSR count). The quantitative estimate of drug-likeness (QED) is 0.420. The predicted octanol–water partition coefficient (Wildman–Crippen LogP) is 4.17. The lowest BCUT2D eigenvalue weighted by Crippen LogP contribution is -2.22. The highest BCUT2D eigenvalue weighted by molar-refractivity contribution is 5.80. The zero-order valence-electron chi connectivity index (χ0n) is 15.1. The van der Waals surface area contributed by atoms with Crippen molar-refractivity contribution in [2.45, 2.75) is 0 Å². The van der Waals surface area contributed by atoms with E-state index >= 15 is 0 Å². The summed E-state index contributed by atoms with van der Waals surface area (Å²) in [6.07, 6.45) is 3.42. The molecule has 0 atom stereocenters. The topological polar surface area (TPSA) is 98.3 Å². The van der Waals surface area contributed by atoms with Crippen LogP contribution in [0.3, 0.4) is 0 Å². The number of nitro benzene ring substituents is 1. The van der Waals surface area contributed by atoms with Crippen LogP contribution in [0.2, 0.25) is 0 Å². The van der Waals surface area contributed by atoms with E-state index in [1.54, 1.807) is 66.7 Å². The normalized spacial score (nSPS) is 11.2. The number of nitrogens with zero attached hydrogens (tertiary/aromatic N) is 3. The van der Waals surface area contributed by atoms with Crippen molar-refractivity contribution < 1.29 is 10.0 Å². The second kappa shape index (κ2) is 7.40. The standard InChI is InChI=1S/C22H15N3O4/c26-18-11-8-15(9-12-18)10-13-21-23-20-7-2-1-6-19(20)22(27)24(21)16-4-3-5-17(14-16)25(28)29/h1-14,26H/b13-10+. The summed E-state index contributed by atoms with van der Waals surface area (Å²) in [7, 11) is 0. The van der Waals surface area contributed by atoms with Gasteiger partial charge in [-0.3, -0.25) is 19.5 Å². The molecule has 1 N–H and O–H groups in total. The first kappa shape index (κ1) is 18.1. The van der Waals surface area contributed by atoms with E-state index < -0.39 is 4.92 Å². The van der Waals surface area contributed by atoms with Crippen LogP contribution in [-0.2, 0) is 0 Å².